The van der Waals surface area contributed by atoms with Crippen molar-refractivity contribution >= 4 is 11.9 Å². The first-order chi connectivity index (χ1) is 18.1. The quantitative estimate of drug-likeness (QED) is 0.287. The van der Waals surface area contributed by atoms with Gasteiger partial charge in [-0.15, -0.1) is 0 Å². The molecule has 0 aromatic rings. The van der Waals surface area contributed by atoms with Gasteiger partial charge in [-0.1, -0.05) is 26.3 Å². The zero-order chi connectivity index (χ0) is 27.9. The monoisotopic (exact) mass is 544 g/mol. The maximum absolute atomic E-state index is 12.5. The number of rotatable bonds is 3. The van der Waals surface area contributed by atoms with Crippen molar-refractivity contribution in [3.05, 3.63) is 11.6 Å². The van der Waals surface area contributed by atoms with Gasteiger partial charge in [-0.25, -0.2) is 0 Å². The molecule has 13 atom stereocenters. The average molecular weight is 545 g/mol. The third-order valence-electron chi connectivity index (χ3n) is 12.4. The van der Waals surface area contributed by atoms with Crippen LogP contribution in [0.25, 0.3) is 0 Å². The van der Waals surface area contributed by atoms with Crippen molar-refractivity contribution in [3.63, 3.8) is 0 Å². The largest absolute Gasteiger partial charge is 0.458 e. The predicted octanol–water partition coefficient (Wildman–Crippen LogP) is 4.68. The molecular weight excluding hydrogens is 500 g/mol. The lowest BCUT2D eigenvalue weighted by Crippen LogP contribution is -2.58. The van der Waals surface area contributed by atoms with Gasteiger partial charge in [-0.05, 0) is 57.4 Å². The number of esters is 2. The minimum atomic E-state index is -1.07. The van der Waals surface area contributed by atoms with E-state index < -0.39 is 22.8 Å². The van der Waals surface area contributed by atoms with Gasteiger partial charge >= 0.3 is 11.9 Å². The molecule has 0 amide bonds. The van der Waals surface area contributed by atoms with Gasteiger partial charge in [-0.2, -0.15) is 0 Å². The van der Waals surface area contributed by atoms with E-state index in [4.69, 9.17) is 28.4 Å². The summed E-state index contributed by atoms with van der Waals surface area (Å²) in [5, 5.41) is 0. The lowest BCUT2D eigenvalue weighted by atomic mass is 9.52. The highest BCUT2D eigenvalue weighted by Crippen LogP contribution is 2.68. The summed E-state index contributed by atoms with van der Waals surface area (Å²) in [5.74, 6) is -0.417. The zero-order valence-corrected chi connectivity index (χ0v) is 24.6. The molecule has 4 aliphatic heterocycles. The van der Waals surface area contributed by atoms with Crippen molar-refractivity contribution in [2.75, 3.05) is 0 Å². The van der Waals surface area contributed by atoms with Crippen molar-refractivity contribution < 1.29 is 38.0 Å². The number of hydrogen-bond donors (Lipinski definition) is 0. The molecule has 0 N–H and O–H groups in total. The fraction of sp³-hybridized carbons (Fsp3) is 0.871. The Morgan fingerprint density at radius 1 is 1.13 bits per heavy atom. The molecule has 8 heteroatoms. The second-order valence-corrected chi connectivity index (χ2v) is 14.6. The first-order valence-electron chi connectivity index (χ1n) is 15.0. The van der Waals surface area contributed by atoms with Crippen LogP contribution in [0.3, 0.4) is 0 Å². The average Bonchev–Trinajstić information content (AvgIpc) is 3.37. The van der Waals surface area contributed by atoms with Crippen LogP contribution in [-0.4, -0.2) is 59.1 Å². The van der Waals surface area contributed by atoms with Crippen LogP contribution in [0.5, 0.6) is 0 Å². The van der Waals surface area contributed by atoms with Crippen molar-refractivity contribution in [2.24, 2.45) is 35.0 Å². The molecule has 0 unspecified atom stereocenters. The van der Waals surface area contributed by atoms with E-state index in [1.165, 1.54) is 12.5 Å². The van der Waals surface area contributed by atoms with Crippen LogP contribution in [0.1, 0.15) is 87.5 Å². The molecule has 6 fully saturated rings. The summed E-state index contributed by atoms with van der Waals surface area (Å²) in [6.45, 7) is 16.5. The molecule has 39 heavy (non-hydrogen) atoms. The van der Waals surface area contributed by atoms with Gasteiger partial charge in [0, 0.05) is 50.4 Å². The second kappa shape index (κ2) is 7.87. The summed E-state index contributed by atoms with van der Waals surface area (Å²) in [6.07, 6.45) is 5.77. The SMILES string of the molecule is CC(=O)O[C@H]1C=C2[C@@H]([C@@H]3O[C@@H]3[C@@]3(CCC(=O)O3)[C@H]2C)[C@@H]2CC[C@H]([C@H](C)[C@H]3C[C@@]4(C)O[C@@](C)(O3)OC4(C)C)[C@@]12C. The molecule has 8 nitrogen and oxygen atoms in total. The van der Waals surface area contributed by atoms with Crippen LogP contribution < -0.4 is 0 Å². The van der Waals surface area contributed by atoms with Crippen molar-refractivity contribution in [2.45, 2.75) is 135 Å². The van der Waals surface area contributed by atoms with Gasteiger partial charge < -0.3 is 28.4 Å². The Labute approximate surface area is 231 Å². The summed E-state index contributed by atoms with van der Waals surface area (Å²) in [5.41, 5.74) is -0.520. The highest BCUT2D eigenvalue weighted by atomic mass is 16.9. The van der Waals surface area contributed by atoms with Crippen LogP contribution in [0.4, 0.5) is 0 Å². The maximum atomic E-state index is 12.5. The number of carbonyl (C=O) groups is 2. The van der Waals surface area contributed by atoms with E-state index in [0.29, 0.717) is 18.8 Å². The summed E-state index contributed by atoms with van der Waals surface area (Å²) in [7, 11) is 0. The Balaban J connectivity index is 1.24. The first kappa shape index (κ1) is 26.4. The molecule has 1 spiro atoms. The molecule has 0 aromatic heterocycles. The van der Waals surface area contributed by atoms with Crippen LogP contribution in [-0.2, 0) is 38.0 Å². The van der Waals surface area contributed by atoms with Crippen LogP contribution in [0, 0.1) is 35.0 Å². The predicted molar refractivity (Wildman–Crippen MR) is 139 cm³/mol. The Hall–Kier alpha value is -1.48. The van der Waals surface area contributed by atoms with Gasteiger partial charge in [0.2, 0.25) is 0 Å². The maximum Gasteiger partial charge on any atom is 0.306 e. The van der Waals surface area contributed by atoms with Gasteiger partial charge in [-0.3, -0.25) is 9.59 Å². The molecule has 216 valence electrons. The van der Waals surface area contributed by atoms with Crippen molar-refractivity contribution in [1.29, 1.82) is 0 Å². The minimum absolute atomic E-state index is 0.0329. The molecule has 2 bridgehead atoms. The number of ether oxygens (including phenoxy) is 6. The molecule has 3 aliphatic carbocycles. The van der Waals surface area contributed by atoms with E-state index in [1.54, 1.807) is 0 Å². The highest BCUT2D eigenvalue weighted by Gasteiger charge is 2.74. The highest BCUT2D eigenvalue weighted by molar-refractivity contribution is 5.73. The lowest BCUT2D eigenvalue weighted by molar-refractivity contribution is -0.385. The Kier molecular flexibility index (Phi) is 5.33. The second-order valence-electron chi connectivity index (χ2n) is 14.6. The Bertz CT molecular complexity index is 1140. The topological polar surface area (TPSA) is 92.8 Å². The number of hydrogen-bond acceptors (Lipinski definition) is 8. The van der Waals surface area contributed by atoms with Crippen LogP contribution >= 0.6 is 0 Å². The Morgan fingerprint density at radius 2 is 1.87 bits per heavy atom. The number of fused-ring (bicyclic) bond motifs is 8. The molecule has 7 aliphatic rings. The standard InChI is InChI=1S/C31H44O8/c1-15(21-14-28(6)27(4,5)38-30(8,36-21)39-28)19-9-10-20-24-18(13-22(29(19,20)7)34-17(3)32)16(2)31(26-25(24)35-26)12-11-23(33)37-31/h13,15-16,19-22,24-26H,9-12,14H2,1-8H3/t15-,16-,19+,20-,21+,22-,24+,25-,26-,28+,29+,30-,31+/m0/s1. The Morgan fingerprint density at radius 3 is 2.51 bits per heavy atom. The molecular formula is C31H44O8. The van der Waals surface area contributed by atoms with Crippen molar-refractivity contribution in [3.8, 4) is 0 Å². The summed E-state index contributed by atoms with van der Waals surface area (Å²) >= 11 is 0. The molecule has 0 radical (unpaired) electrons. The van der Waals surface area contributed by atoms with Crippen LogP contribution in [0.15, 0.2) is 11.6 Å². The minimum Gasteiger partial charge on any atom is -0.458 e. The van der Waals surface area contributed by atoms with E-state index in [1.807, 2.05) is 6.92 Å². The van der Waals surface area contributed by atoms with Gasteiger partial charge in [0.1, 0.15) is 23.4 Å². The fourth-order valence-corrected chi connectivity index (χ4v) is 10.1. The molecule has 4 saturated heterocycles. The molecule has 4 heterocycles. The zero-order valence-electron chi connectivity index (χ0n) is 24.6. The van der Waals surface area contributed by atoms with E-state index >= 15 is 0 Å². The third kappa shape index (κ3) is 3.38. The molecule has 7 rings (SSSR count). The lowest BCUT2D eigenvalue weighted by Gasteiger charge is -2.54. The summed E-state index contributed by atoms with van der Waals surface area (Å²) in [6, 6.07) is 0. The van der Waals surface area contributed by atoms with E-state index in [2.05, 4.69) is 47.6 Å². The normalized spacial score (nSPS) is 55.3. The van der Waals surface area contributed by atoms with Gasteiger partial charge in [0.15, 0.2) is 0 Å². The fourth-order valence-electron chi connectivity index (χ4n) is 10.1. The van der Waals surface area contributed by atoms with E-state index in [9.17, 15) is 9.59 Å². The van der Waals surface area contributed by atoms with E-state index in [-0.39, 0.29) is 65.4 Å². The summed E-state index contributed by atoms with van der Waals surface area (Å²) < 4.78 is 37.7. The van der Waals surface area contributed by atoms with Crippen molar-refractivity contribution in [1.82, 2.24) is 0 Å². The number of carbonyl (C=O) groups excluding carboxylic acids is 2. The molecule has 0 aromatic carbocycles. The molecule has 2 saturated carbocycles. The number of epoxide rings is 1. The third-order valence-corrected chi connectivity index (χ3v) is 12.4. The van der Waals surface area contributed by atoms with Gasteiger partial charge in [0.05, 0.1) is 17.8 Å². The van der Waals surface area contributed by atoms with Crippen LogP contribution in [0.2, 0.25) is 0 Å². The smallest absolute Gasteiger partial charge is 0.306 e. The van der Waals surface area contributed by atoms with E-state index in [0.717, 1.165) is 19.3 Å². The first-order valence-corrected chi connectivity index (χ1v) is 15.0. The summed E-state index contributed by atoms with van der Waals surface area (Å²) in [4.78, 5) is 24.7. The van der Waals surface area contributed by atoms with Gasteiger partial charge in [0.25, 0.3) is 5.97 Å².